The van der Waals surface area contributed by atoms with Crippen molar-refractivity contribution < 1.29 is 4.79 Å². The van der Waals surface area contributed by atoms with Crippen molar-refractivity contribution in [3.05, 3.63) is 53.2 Å². The molecule has 1 aromatic heterocycles. The molecule has 0 aliphatic heterocycles. The van der Waals surface area contributed by atoms with Crippen molar-refractivity contribution in [2.45, 2.75) is 52.0 Å². The Morgan fingerprint density at radius 3 is 2.36 bits per heavy atom. The molecule has 0 saturated heterocycles. The van der Waals surface area contributed by atoms with E-state index in [-0.39, 0.29) is 5.91 Å². The minimum Gasteiger partial charge on any atom is -0.357 e. The Morgan fingerprint density at radius 1 is 1.08 bits per heavy atom. The van der Waals surface area contributed by atoms with Gasteiger partial charge in [0.15, 0.2) is 0 Å². The number of rotatable bonds is 4. The first-order valence-electron chi connectivity index (χ1n) is 9.12. The van der Waals surface area contributed by atoms with Gasteiger partial charge in [0.05, 0.1) is 11.9 Å². The number of anilines is 2. The van der Waals surface area contributed by atoms with Gasteiger partial charge in [-0.2, -0.15) is 0 Å². The number of hydrogen-bond donors (Lipinski definition) is 1. The van der Waals surface area contributed by atoms with Gasteiger partial charge in [-0.25, -0.2) is 4.98 Å². The lowest BCUT2D eigenvalue weighted by Gasteiger charge is -2.32. The zero-order valence-electron chi connectivity index (χ0n) is 15.4. The van der Waals surface area contributed by atoms with E-state index in [1.165, 1.54) is 32.1 Å². The predicted octanol–water partition coefficient (Wildman–Crippen LogP) is 4.72. The van der Waals surface area contributed by atoms with Gasteiger partial charge in [0.25, 0.3) is 5.91 Å². The second kappa shape index (κ2) is 7.68. The number of aryl methyl sites for hydroxylation is 2. The maximum absolute atomic E-state index is 12.6. The molecule has 1 aliphatic carbocycles. The summed E-state index contributed by atoms with van der Waals surface area (Å²) in [6.07, 6.45) is 8.19. The molecule has 2 aromatic rings. The Labute approximate surface area is 150 Å². The monoisotopic (exact) mass is 337 g/mol. The number of benzene rings is 1. The van der Waals surface area contributed by atoms with Crippen LogP contribution in [0.15, 0.2) is 36.5 Å². The Morgan fingerprint density at radius 2 is 1.76 bits per heavy atom. The first kappa shape index (κ1) is 17.5. The molecule has 1 heterocycles. The first-order chi connectivity index (χ1) is 12.1. The SMILES string of the molecule is Cc1cccc(C)c1C(=O)Nc1ccc(N(C)C2CCCCC2)nc1. The first-order valence-corrected chi connectivity index (χ1v) is 9.12. The fourth-order valence-electron chi connectivity index (χ4n) is 3.69. The second-order valence-electron chi connectivity index (χ2n) is 7.03. The lowest BCUT2D eigenvalue weighted by Crippen LogP contribution is -2.33. The molecule has 0 bridgehead atoms. The van der Waals surface area contributed by atoms with E-state index in [2.05, 4.69) is 22.2 Å². The van der Waals surface area contributed by atoms with Crippen molar-refractivity contribution in [2.75, 3.05) is 17.3 Å². The highest BCUT2D eigenvalue weighted by atomic mass is 16.1. The molecule has 3 rings (SSSR count). The average molecular weight is 337 g/mol. The molecule has 1 N–H and O–H groups in total. The number of carbonyl (C=O) groups is 1. The van der Waals surface area contributed by atoms with Crippen LogP contribution in [0.5, 0.6) is 0 Å². The fourth-order valence-corrected chi connectivity index (χ4v) is 3.69. The van der Waals surface area contributed by atoms with Gasteiger partial charge in [0, 0.05) is 18.7 Å². The standard InChI is InChI=1S/C21H27N3O/c1-15-8-7-9-16(2)20(15)21(25)23-17-12-13-19(22-14-17)24(3)18-10-5-4-6-11-18/h7-9,12-14,18H,4-6,10-11H2,1-3H3,(H,23,25). The van der Waals surface area contributed by atoms with Crippen LogP contribution in [0.2, 0.25) is 0 Å². The van der Waals surface area contributed by atoms with Crippen LogP contribution in [0.4, 0.5) is 11.5 Å². The van der Waals surface area contributed by atoms with E-state index in [1.54, 1.807) is 6.20 Å². The Hall–Kier alpha value is -2.36. The number of hydrogen-bond acceptors (Lipinski definition) is 3. The van der Waals surface area contributed by atoms with Crippen molar-refractivity contribution in [3.63, 3.8) is 0 Å². The summed E-state index contributed by atoms with van der Waals surface area (Å²) in [6, 6.07) is 10.4. The summed E-state index contributed by atoms with van der Waals surface area (Å²) in [4.78, 5) is 19.4. The van der Waals surface area contributed by atoms with Crippen molar-refractivity contribution in [3.8, 4) is 0 Å². The molecule has 0 unspecified atom stereocenters. The van der Waals surface area contributed by atoms with E-state index >= 15 is 0 Å². The minimum absolute atomic E-state index is 0.0780. The molecule has 0 radical (unpaired) electrons. The van der Waals surface area contributed by atoms with Gasteiger partial charge in [0.2, 0.25) is 0 Å². The van der Waals surface area contributed by atoms with Gasteiger partial charge in [-0.15, -0.1) is 0 Å². The molecule has 0 atom stereocenters. The molecule has 132 valence electrons. The van der Waals surface area contributed by atoms with Crippen LogP contribution in [-0.4, -0.2) is 24.0 Å². The summed E-state index contributed by atoms with van der Waals surface area (Å²) in [6.45, 7) is 3.92. The van der Waals surface area contributed by atoms with Gasteiger partial charge in [0.1, 0.15) is 5.82 Å². The molecule has 4 heteroatoms. The largest absolute Gasteiger partial charge is 0.357 e. The van der Waals surface area contributed by atoms with Gasteiger partial charge in [-0.05, 0) is 49.9 Å². The van der Waals surface area contributed by atoms with E-state index in [1.807, 2.05) is 44.2 Å². The lowest BCUT2D eigenvalue weighted by molar-refractivity contribution is 0.102. The molecule has 1 fully saturated rings. The summed E-state index contributed by atoms with van der Waals surface area (Å²) in [5.74, 6) is 0.891. The molecule has 1 amide bonds. The summed E-state index contributed by atoms with van der Waals surface area (Å²) in [5.41, 5.74) is 3.44. The van der Waals surface area contributed by atoms with E-state index in [0.29, 0.717) is 6.04 Å². The maximum Gasteiger partial charge on any atom is 0.256 e. The van der Waals surface area contributed by atoms with E-state index in [4.69, 9.17) is 0 Å². The third-order valence-electron chi connectivity index (χ3n) is 5.20. The smallest absolute Gasteiger partial charge is 0.256 e. The van der Waals surface area contributed by atoms with Crippen LogP contribution in [0.25, 0.3) is 0 Å². The molecule has 1 aliphatic rings. The molecule has 0 spiro atoms. The third-order valence-corrected chi connectivity index (χ3v) is 5.20. The van der Waals surface area contributed by atoms with Gasteiger partial charge in [-0.1, -0.05) is 37.5 Å². The predicted molar refractivity (Wildman–Crippen MR) is 103 cm³/mol. The number of amides is 1. The molecular weight excluding hydrogens is 310 g/mol. The number of nitrogens with one attached hydrogen (secondary N) is 1. The Kier molecular flexibility index (Phi) is 5.37. The third kappa shape index (κ3) is 4.01. The topological polar surface area (TPSA) is 45.2 Å². The minimum atomic E-state index is -0.0780. The molecule has 1 aromatic carbocycles. The van der Waals surface area contributed by atoms with Crippen molar-refractivity contribution in [2.24, 2.45) is 0 Å². The number of carbonyl (C=O) groups excluding carboxylic acids is 1. The highest BCUT2D eigenvalue weighted by molar-refractivity contribution is 6.06. The highest BCUT2D eigenvalue weighted by Crippen LogP contribution is 2.25. The van der Waals surface area contributed by atoms with Crippen LogP contribution in [0.1, 0.15) is 53.6 Å². The summed E-state index contributed by atoms with van der Waals surface area (Å²) in [7, 11) is 2.12. The van der Waals surface area contributed by atoms with E-state index in [9.17, 15) is 4.79 Å². The summed E-state index contributed by atoms with van der Waals surface area (Å²) >= 11 is 0. The molecule has 4 nitrogen and oxygen atoms in total. The van der Waals surface area contributed by atoms with Gasteiger partial charge < -0.3 is 10.2 Å². The average Bonchev–Trinajstić information content (AvgIpc) is 2.62. The Balaban J connectivity index is 1.69. The zero-order valence-corrected chi connectivity index (χ0v) is 15.4. The Bertz CT molecular complexity index is 713. The second-order valence-corrected chi connectivity index (χ2v) is 7.03. The number of pyridine rings is 1. The van der Waals surface area contributed by atoms with Crippen LogP contribution >= 0.6 is 0 Å². The van der Waals surface area contributed by atoms with Crippen molar-refractivity contribution in [1.29, 1.82) is 0 Å². The van der Waals surface area contributed by atoms with E-state index in [0.717, 1.165) is 28.2 Å². The van der Waals surface area contributed by atoms with Crippen molar-refractivity contribution in [1.82, 2.24) is 4.98 Å². The highest BCUT2D eigenvalue weighted by Gasteiger charge is 2.19. The normalized spacial score (nSPS) is 15.0. The quantitative estimate of drug-likeness (QED) is 0.878. The maximum atomic E-state index is 12.6. The lowest BCUT2D eigenvalue weighted by atomic mass is 9.94. The van der Waals surface area contributed by atoms with Crippen LogP contribution in [0.3, 0.4) is 0 Å². The zero-order chi connectivity index (χ0) is 17.8. The van der Waals surface area contributed by atoms with Gasteiger partial charge in [-0.3, -0.25) is 4.79 Å². The number of aromatic nitrogens is 1. The van der Waals surface area contributed by atoms with E-state index < -0.39 is 0 Å². The molecule has 25 heavy (non-hydrogen) atoms. The molecule has 1 saturated carbocycles. The summed E-state index contributed by atoms with van der Waals surface area (Å²) < 4.78 is 0. The van der Waals surface area contributed by atoms with Crippen molar-refractivity contribution >= 4 is 17.4 Å². The van der Waals surface area contributed by atoms with Crippen LogP contribution in [-0.2, 0) is 0 Å². The van der Waals surface area contributed by atoms with Crippen LogP contribution in [0, 0.1) is 13.8 Å². The fraction of sp³-hybridized carbons (Fsp3) is 0.429. The number of nitrogens with zero attached hydrogens (tertiary/aromatic N) is 2. The van der Waals surface area contributed by atoms with Gasteiger partial charge >= 0.3 is 0 Å². The molecular formula is C21H27N3O. The van der Waals surface area contributed by atoms with Crippen LogP contribution < -0.4 is 10.2 Å². The summed E-state index contributed by atoms with van der Waals surface area (Å²) in [5, 5.41) is 2.97.